The first-order chi connectivity index (χ1) is 8.05. The molecule has 0 spiro atoms. The molecular weight excluding hydrogens is 225 g/mol. The van der Waals surface area contributed by atoms with Crippen LogP contribution in [0.2, 0.25) is 0 Å². The van der Waals surface area contributed by atoms with Crippen molar-refractivity contribution in [3.63, 3.8) is 0 Å². The summed E-state index contributed by atoms with van der Waals surface area (Å²) in [4.78, 5) is 22.8. The molecule has 0 aromatic carbocycles. The summed E-state index contributed by atoms with van der Waals surface area (Å²) < 4.78 is 12.5. The van der Waals surface area contributed by atoms with Gasteiger partial charge in [0.25, 0.3) is 0 Å². The van der Waals surface area contributed by atoms with Crippen LogP contribution < -0.4 is 5.32 Å². The Balaban J connectivity index is 2.68. The van der Waals surface area contributed by atoms with Gasteiger partial charge >= 0.3 is 5.97 Å². The predicted octanol–water partition coefficient (Wildman–Crippen LogP) is 1.89. The van der Waals surface area contributed by atoms with Crippen LogP contribution in [0, 0.1) is 5.41 Å². The largest absolute Gasteiger partial charge is 0.480 e. The maximum atomic E-state index is 12.5. The van der Waals surface area contributed by atoms with Gasteiger partial charge in [0, 0.05) is 5.41 Å². The maximum Gasteiger partial charge on any atom is 0.328 e. The van der Waals surface area contributed by atoms with E-state index in [9.17, 15) is 14.0 Å². The third-order valence-corrected chi connectivity index (χ3v) is 3.73. The van der Waals surface area contributed by atoms with Crippen molar-refractivity contribution in [1.29, 1.82) is 0 Å². The summed E-state index contributed by atoms with van der Waals surface area (Å²) in [6.07, 6.45) is 5.29. The molecule has 2 N–H and O–H groups in total. The topological polar surface area (TPSA) is 66.4 Å². The number of hydrogen-bond acceptors (Lipinski definition) is 2. The van der Waals surface area contributed by atoms with Crippen LogP contribution in [0.15, 0.2) is 0 Å². The summed E-state index contributed by atoms with van der Waals surface area (Å²) in [5.74, 6) is -1.62. The Morgan fingerprint density at radius 2 is 1.94 bits per heavy atom. The van der Waals surface area contributed by atoms with Crippen molar-refractivity contribution in [3.05, 3.63) is 0 Å². The van der Waals surface area contributed by atoms with Crippen molar-refractivity contribution in [2.75, 3.05) is 6.67 Å². The average Bonchev–Trinajstić information content (AvgIpc) is 2.35. The van der Waals surface area contributed by atoms with Crippen molar-refractivity contribution >= 4 is 11.9 Å². The molecule has 1 saturated carbocycles. The second-order valence-electron chi connectivity index (χ2n) is 4.71. The molecule has 1 atom stereocenters. The molecule has 0 heterocycles. The average molecular weight is 245 g/mol. The van der Waals surface area contributed by atoms with Gasteiger partial charge in [-0.25, -0.2) is 9.18 Å². The molecule has 0 aliphatic heterocycles. The number of hydrogen-bond donors (Lipinski definition) is 2. The van der Waals surface area contributed by atoms with E-state index in [0.717, 1.165) is 32.1 Å². The highest BCUT2D eigenvalue weighted by Crippen LogP contribution is 2.39. The molecule has 98 valence electrons. The Bertz CT molecular complexity index is 287. The number of carboxylic acid groups (broad SMARTS) is 1. The van der Waals surface area contributed by atoms with E-state index in [1.165, 1.54) is 0 Å². The number of aliphatic carboxylic acids is 1. The number of carboxylic acids is 1. The zero-order valence-corrected chi connectivity index (χ0v) is 10.2. The fourth-order valence-electron chi connectivity index (χ4n) is 2.45. The maximum absolute atomic E-state index is 12.5. The first kappa shape index (κ1) is 13.9. The van der Waals surface area contributed by atoms with Gasteiger partial charge in [-0.05, 0) is 19.3 Å². The third kappa shape index (κ3) is 3.17. The fraction of sp³-hybridized carbons (Fsp3) is 0.833. The summed E-state index contributed by atoms with van der Waals surface area (Å²) in [5.41, 5.74) is -0.485. The molecule has 4 nitrogen and oxygen atoms in total. The summed E-state index contributed by atoms with van der Waals surface area (Å²) in [6, 6.07) is -1.41. The Labute approximate surface area is 101 Å². The summed E-state index contributed by atoms with van der Waals surface area (Å²) in [7, 11) is 0. The first-order valence-electron chi connectivity index (χ1n) is 6.15. The first-order valence-corrected chi connectivity index (χ1v) is 6.15. The van der Waals surface area contributed by atoms with E-state index in [2.05, 4.69) is 5.32 Å². The van der Waals surface area contributed by atoms with Crippen LogP contribution in [0.5, 0.6) is 0 Å². The van der Waals surface area contributed by atoms with Gasteiger partial charge < -0.3 is 10.4 Å². The highest BCUT2D eigenvalue weighted by molar-refractivity contribution is 5.87. The van der Waals surface area contributed by atoms with Crippen molar-refractivity contribution < 1.29 is 19.1 Å². The summed E-state index contributed by atoms with van der Waals surface area (Å²) in [6.45, 7) is 0.858. The Morgan fingerprint density at radius 1 is 1.35 bits per heavy atom. The molecule has 0 aromatic heterocycles. The van der Waals surface area contributed by atoms with Gasteiger partial charge in [0.1, 0.15) is 6.67 Å². The number of amides is 1. The minimum atomic E-state index is -1.41. The molecule has 0 saturated heterocycles. The number of nitrogens with one attached hydrogen (secondary N) is 1. The normalized spacial score (nSPS) is 20.6. The lowest BCUT2D eigenvalue weighted by Gasteiger charge is -2.35. The molecule has 1 unspecified atom stereocenters. The standard InChI is InChI=1S/C12H20FNO3/c1-2-12(6-4-3-5-7-12)11(17)14-9(8-13)10(15)16/h9H,2-8H2,1H3,(H,14,17)(H,15,16). The highest BCUT2D eigenvalue weighted by Gasteiger charge is 2.39. The minimum absolute atomic E-state index is 0.301. The van der Waals surface area contributed by atoms with E-state index >= 15 is 0 Å². The molecule has 5 heteroatoms. The second-order valence-corrected chi connectivity index (χ2v) is 4.71. The lowest BCUT2D eigenvalue weighted by molar-refractivity contribution is -0.145. The molecule has 17 heavy (non-hydrogen) atoms. The monoisotopic (exact) mass is 245 g/mol. The van der Waals surface area contributed by atoms with Gasteiger partial charge in [-0.1, -0.05) is 26.2 Å². The van der Waals surface area contributed by atoms with Crippen molar-refractivity contribution in [2.24, 2.45) is 5.41 Å². The Morgan fingerprint density at radius 3 is 2.35 bits per heavy atom. The van der Waals surface area contributed by atoms with Crippen LogP contribution >= 0.6 is 0 Å². The molecule has 0 bridgehead atoms. The van der Waals surface area contributed by atoms with Crippen LogP contribution in [0.25, 0.3) is 0 Å². The zero-order chi connectivity index (χ0) is 12.9. The molecule has 1 aliphatic rings. The van der Waals surface area contributed by atoms with Crippen molar-refractivity contribution in [2.45, 2.75) is 51.5 Å². The van der Waals surface area contributed by atoms with Gasteiger partial charge in [-0.2, -0.15) is 0 Å². The van der Waals surface area contributed by atoms with Crippen LogP contribution in [0.4, 0.5) is 4.39 Å². The van der Waals surface area contributed by atoms with Gasteiger partial charge in [0.15, 0.2) is 6.04 Å². The number of rotatable bonds is 5. The zero-order valence-electron chi connectivity index (χ0n) is 10.2. The Hall–Kier alpha value is -1.13. The second kappa shape index (κ2) is 5.98. The van der Waals surface area contributed by atoms with Crippen LogP contribution in [-0.4, -0.2) is 29.7 Å². The van der Waals surface area contributed by atoms with E-state index in [4.69, 9.17) is 5.11 Å². The molecule has 1 fully saturated rings. The van der Waals surface area contributed by atoms with E-state index in [-0.39, 0.29) is 5.91 Å². The van der Waals surface area contributed by atoms with E-state index in [1.807, 2.05) is 6.92 Å². The smallest absolute Gasteiger partial charge is 0.328 e. The lowest BCUT2D eigenvalue weighted by atomic mass is 9.71. The predicted molar refractivity (Wildman–Crippen MR) is 61.4 cm³/mol. The molecule has 1 amide bonds. The van der Waals surface area contributed by atoms with Crippen LogP contribution in [-0.2, 0) is 9.59 Å². The molecular formula is C12H20FNO3. The van der Waals surface area contributed by atoms with Crippen molar-refractivity contribution in [1.82, 2.24) is 5.32 Å². The summed E-state index contributed by atoms with van der Waals surface area (Å²) in [5, 5.41) is 11.0. The van der Waals surface area contributed by atoms with Gasteiger partial charge in [-0.3, -0.25) is 4.79 Å². The van der Waals surface area contributed by atoms with Gasteiger partial charge in [-0.15, -0.1) is 0 Å². The highest BCUT2D eigenvalue weighted by atomic mass is 19.1. The molecule has 1 aliphatic carbocycles. The fourth-order valence-corrected chi connectivity index (χ4v) is 2.45. The van der Waals surface area contributed by atoms with Crippen molar-refractivity contribution in [3.8, 4) is 0 Å². The van der Waals surface area contributed by atoms with Crippen LogP contribution in [0.1, 0.15) is 45.4 Å². The Kier molecular flexibility index (Phi) is 4.90. The van der Waals surface area contributed by atoms with Gasteiger partial charge in [0.05, 0.1) is 0 Å². The van der Waals surface area contributed by atoms with Gasteiger partial charge in [0.2, 0.25) is 5.91 Å². The summed E-state index contributed by atoms with van der Waals surface area (Å²) >= 11 is 0. The number of carbonyl (C=O) groups is 2. The third-order valence-electron chi connectivity index (χ3n) is 3.73. The number of alkyl halides is 1. The van der Waals surface area contributed by atoms with E-state index in [1.54, 1.807) is 0 Å². The molecule has 0 aromatic rings. The van der Waals surface area contributed by atoms with E-state index in [0.29, 0.717) is 6.42 Å². The molecule has 1 rings (SSSR count). The lowest BCUT2D eigenvalue weighted by Crippen LogP contribution is -2.50. The SMILES string of the molecule is CCC1(C(=O)NC(CF)C(=O)O)CCCCC1. The molecule has 0 radical (unpaired) electrons. The number of halogens is 1. The minimum Gasteiger partial charge on any atom is -0.480 e. The van der Waals surface area contributed by atoms with E-state index < -0.39 is 24.1 Å². The number of carbonyl (C=O) groups excluding carboxylic acids is 1. The van der Waals surface area contributed by atoms with Crippen LogP contribution in [0.3, 0.4) is 0 Å². The quantitative estimate of drug-likeness (QED) is 0.777.